The van der Waals surface area contributed by atoms with E-state index in [1.807, 2.05) is 23.1 Å². The van der Waals surface area contributed by atoms with E-state index in [2.05, 4.69) is 25.4 Å². The molecule has 3 saturated heterocycles. The maximum atomic E-state index is 13.3. The van der Waals surface area contributed by atoms with Crippen LogP contribution in [0.2, 0.25) is 0 Å². The number of fused-ring (bicyclic) bond motifs is 1. The van der Waals surface area contributed by atoms with Gasteiger partial charge in [-0.15, -0.1) is 5.10 Å². The molecule has 4 amide bonds. The SMILES string of the molecule is NC(=O)c1ccc(N2CCN(C(=O)C3CCN(c4ccc5nnn(C6CCC(=O)NC6=O)c(=O)c5c4)CC3)CC2)cc1. The Balaban J connectivity index is 1.07. The standard InChI is InChI=1S/C29H32N8O5/c30-26(39)18-1-3-20(4-2-18)35-13-15-36(16-14-35)28(41)19-9-11-34(12-10-19)21-5-6-23-22(17-21)29(42)37(33-32-23)24-7-8-25(38)31-27(24)40/h1-6,17,19,24H,7-16H2,(H2,30,39)(H,31,38,40). The fourth-order valence-electron chi connectivity index (χ4n) is 6.02. The van der Waals surface area contributed by atoms with Crippen LogP contribution in [0, 0.1) is 5.92 Å². The summed E-state index contributed by atoms with van der Waals surface area (Å²) < 4.78 is 1.06. The van der Waals surface area contributed by atoms with E-state index in [-0.39, 0.29) is 30.6 Å². The minimum Gasteiger partial charge on any atom is -0.371 e. The summed E-state index contributed by atoms with van der Waals surface area (Å²) in [5, 5.41) is 10.7. The number of primary amides is 1. The Hall–Kier alpha value is -4.81. The number of rotatable bonds is 5. The van der Waals surface area contributed by atoms with Gasteiger partial charge < -0.3 is 20.4 Å². The molecule has 13 nitrogen and oxygen atoms in total. The molecule has 3 aliphatic heterocycles. The van der Waals surface area contributed by atoms with Gasteiger partial charge in [-0.25, -0.2) is 0 Å². The molecule has 0 aliphatic carbocycles. The average molecular weight is 573 g/mol. The Morgan fingerprint density at radius 2 is 1.50 bits per heavy atom. The number of imide groups is 1. The molecular formula is C29H32N8O5. The van der Waals surface area contributed by atoms with Crippen LogP contribution in [-0.4, -0.2) is 82.8 Å². The molecule has 42 heavy (non-hydrogen) atoms. The van der Waals surface area contributed by atoms with E-state index >= 15 is 0 Å². The number of hydrogen-bond donors (Lipinski definition) is 2. The molecule has 3 aliphatic rings. The maximum absolute atomic E-state index is 13.3. The van der Waals surface area contributed by atoms with Crippen molar-refractivity contribution in [1.29, 1.82) is 0 Å². The third-order valence-corrected chi connectivity index (χ3v) is 8.49. The molecule has 6 rings (SSSR count). The van der Waals surface area contributed by atoms with Crippen LogP contribution in [0.5, 0.6) is 0 Å². The van der Waals surface area contributed by atoms with Crippen LogP contribution in [-0.2, 0) is 14.4 Å². The van der Waals surface area contributed by atoms with Crippen LogP contribution >= 0.6 is 0 Å². The van der Waals surface area contributed by atoms with E-state index in [1.54, 1.807) is 24.3 Å². The number of hydrogen-bond acceptors (Lipinski definition) is 9. The van der Waals surface area contributed by atoms with Crippen LogP contribution < -0.4 is 26.4 Å². The fourth-order valence-corrected chi connectivity index (χ4v) is 6.02. The Labute approximate surface area is 241 Å². The molecule has 4 heterocycles. The average Bonchev–Trinajstić information content (AvgIpc) is 3.01. The zero-order chi connectivity index (χ0) is 29.4. The van der Waals surface area contributed by atoms with E-state index in [4.69, 9.17) is 5.73 Å². The molecule has 1 unspecified atom stereocenters. The lowest BCUT2D eigenvalue weighted by Gasteiger charge is -2.39. The second-order valence-corrected chi connectivity index (χ2v) is 11.0. The number of benzene rings is 2. The summed E-state index contributed by atoms with van der Waals surface area (Å²) in [6, 6.07) is 11.7. The predicted octanol–water partition coefficient (Wildman–Crippen LogP) is 0.433. The third-order valence-electron chi connectivity index (χ3n) is 8.49. The molecule has 218 valence electrons. The lowest BCUT2D eigenvalue weighted by molar-refractivity contribution is -0.137. The van der Waals surface area contributed by atoms with E-state index in [0.29, 0.717) is 55.5 Å². The zero-order valence-electron chi connectivity index (χ0n) is 23.1. The van der Waals surface area contributed by atoms with Crippen LogP contribution in [0.15, 0.2) is 47.3 Å². The molecule has 0 radical (unpaired) electrons. The molecule has 0 spiro atoms. The first-order chi connectivity index (χ1) is 20.3. The summed E-state index contributed by atoms with van der Waals surface area (Å²) in [6.07, 6.45) is 1.75. The van der Waals surface area contributed by atoms with Crippen molar-refractivity contribution in [3.63, 3.8) is 0 Å². The number of anilines is 2. The van der Waals surface area contributed by atoms with E-state index in [9.17, 15) is 24.0 Å². The molecule has 13 heteroatoms. The van der Waals surface area contributed by atoms with Crippen molar-refractivity contribution in [2.75, 3.05) is 49.1 Å². The van der Waals surface area contributed by atoms with Gasteiger partial charge in [0.2, 0.25) is 17.7 Å². The third kappa shape index (κ3) is 5.29. The summed E-state index contributed by atoms with van der Waals surface area (Å²) in [5.74, 6) is -1.24. The predicted molar refractivity (Wildman–Crippen MR) is 154 cm³/mol. The van der Waals surface area contributed by atoms with Gasteiger partial charge in [0.25, 0.3) is 11.5 Å². The monoisotopic (exact) mass is 572 g/mol. The van der Waals surface area contributed by atoms with Crippen molar-refractivity contribution < 1.29 is 19.2 Å². The van der Waals surface area contributed by atoms with Crippen LogP contribution in [0.3, 0.4) is 0 Å². The van der Waals surface area contributed by atoms with Gasteiger partial charge >= 0.3 is 0 Å². The first-order valence-electron chi connectivity index (χ1n) is 14.2. The zero-order valence-corrected chi connectivity index (χ0v) is 23.1. The number of piperazine rings is 1. The van der Waals surface area contributed by atoms with Crippen molar-refractivity contribution >= 4 is 45.9 Å². The molecule has 0 bridgehead atoms. The second-order valence-electron chi connectivity index (χ2n) is 11.0. The van der Waals surface area contributed by atoms with Gasteiger partial charge in [-0.3, -0.25) is 29.3 Å². The van der Waals surface area contributed by atoms with Crippen molar-refractivity contribution in [2.45, 2.75) is 31.7 Å². The topological polar surface area (TPSA) is 164 Å². The summed E-state index contributed by atoms with van der Waals surface area (Å²) in [4.78, 5) is 68.1. The Bertz CT molecular complexity index is 1600. The number of aromatic nitrogens is 3. The lowest BCUT2D eigenvalue weighted by atomic mass is 9.94. The molecule has 3 aromatic rings. The second kappa shape index (κ2) is 11.2. The minimum atomic E-state index is -0.873. The highest BCUT2D eigenvalue weighted by Gasteiger charge is 2.32. The lowest BCUT2D eigenvalue weighted by Crippen LogP contribution is -2.51. The number of amides is 4. The van der Waals surface area contributed by atoms with E-state index < -0.39 is 23.4 Å². The van der Waals surface area contributed by atoms with Crippen LogP contribution in [0.25, 0.3) is 10.9 Å². The highest BCUT2D eigenvalue weighted by atomic mass is 16.2. The number of nitrogens with two attached hydrogens (primary N) is 1. The van der Waals surface area contributed by atoms with Gasteiger partial charge in [-0.05, 0) is 61.7 Å². The molecule has 2 aromatic carbocycles. The molecule has 3 fully saturated rings. The van der Waals surface area contributed by atoms with Crippen LogP contribution in [0.4, 0.5) is 11.4 Å². The van der Waals surface area contributed by atoms with Gasteiger partial charge in [0.1, 0.15) is 11.6 Å². The normalized spacial score (nSPS) is 20.1. The summed E-state index contributed by atoms with van der Waals surface area (Å²) in [7, 11) is 0. The van der Waals surface area contributed by atoms with Gasteiger partial charge in [0, 0.05) is 68.5 Å². The van der Waals surface area contributed by atoms with E-state index in [0.717, 1.165) is 29.1 Å². The first-order valence-corrected chi connectivity index (χ1v) is 14.2. The highest BCUT2D eigenvalue weighted by molar-refractivity contribution is 5.99. The van der Waals surface area contributed by atoms with Crippen molar-refractivity contribution in [2.24, 2.45) is 11.7 Å². The molecule has 3 N–H and O–H groups in total. The van der Waals surface area contributed by atoms with Crippen molar-refractivity contribution in [1.82, 2.24) is 25.2 Å². The number of piperidine rings is 2. The number of carbonyl (C=O) groups is 4. The van der Waals surface area contributed by atoms with Crippen LogP contribution in [0.1, 0.15) is 42.1 Å². The fraction of sp³-hybridized carbons (Fsp3) is 0.414. The largest absolute Gasteiger partial charge is 0.371 e. The maximum Gasteiger partial charge on any atom is 0.278 e. The number of nitrogens with one attached hydrogen (secondary N) is 1. The first kappa shape index (κ1) is 27.4. The smallest absolute Gasteiger partial charge is 0.278 e. The summed E-state index contributed by atoms with van der Waals surface area (Å²) >= 11 is 0. The van der Waals surface area contributed by atoms with Gasteiger partial charge in [-0.2, -0.15) is 4.68 Å². The summed E-state index contributed by atoms with van der Waals surface area (Å²) in [5.41, 5.74) is 7.67. The molecule has 1 aromatic heterocycles. The Morgan fingerprint density at radius 3 is 2.17 bits per heavy atom. The molecule has 1 atom stereocenters. The van der Waals surface area contributed by atoms with Gasteiger partial charge in [0.05, 0.1) is 5.39 Å². The van der Waals surface area contributed by atoms with Crippen molar-refractivity contribution in [3.05, 3.63) is 58.4 Å². The minimum absolute atomic E-state index is 0.0567. The Morgan fingerprint density at radius 1 is 0.833 bits per heavy atom. The molecular weight excluding hydrogens is 540 g/mol. The highest BCUT2D eigenvalue weighted by Crippen LogP contribution is 2.27. The Kier molecular flexibility index (Phi) is 7.31. The van der Waals surface area contributed by atoms with Gasteiger partial charge in [0.15, 0.2) is 0 Å². The number of carbonyl (C=O) groups excluding carboxylic acids is 4. The number of nitrogens with zero attached hydrogens (tertiary/aromatic N) is 6. The quantitative estimate of drug-likeness (QED) is 0.413. The van der Waals surface area contributed by atoms with Crippen molar-refractivity contribution in [3.8, 4) is 0 Å². The summed E-state index contributed by atoms with van der Waals surface area (Å²) in [6.45, 7) is 4.07. The van der Waals surface area contributed by atoms with E-state index in [1.165, 1.54) is 0 Å². The van der Waals surface area contributed by atoms with Gasteiger partial charge in [-0.1, -0.05) is 5.21 Å². The molecule has 0 saturated carbocycles.